The zero-order chi connectivity index (χ0) is 24.1. The van der Waals surface area contributed by atoms with E-state index in [-0.39, 0.29) is 23.3 Å². The van der Waals surface area contributed by atoms with E-state index in [2.05, 4.69) is 34.6 Å². The van der Waals surface area contributed by atoms with Crippen molar-refractivity contribution < 1.29 is 18.3 Å². The van der Waals surface area contributed by atoms with Crippen LogP contribution in [0, 0.1) is 35.2 Å². The molecule has 0 fully saturated rings. The third-order valence-electron chi connectivity index (χ3n) is 7.25. The van der Waals surface area contributed by atoms with Gasteiger partial charge in [-0.15, -0.1) is 0 Å². The molecule has 0 radical (unpaired) electrons. The lowest BCUT2D eigenvalue weighted by molar-refractivity contribution is -0.102. The van der Waals surface area contributed by atoms with Crippen molar-refractivity contribution in [1.82, 2.24) is 0 Å². The Hall–Kier alpha value is -1.03. The standard InChI is InChI=1S/C28H47F3O/c1-6-7-8-9-10-13-16-23(28(32,21(2)3)22(4)5)17-14-11-12-15-18-25-26(30)19-24(29)20-27(25)31/h19-23,32H,6-18H2,1-5H3. The summed E-state index contributed by atoms with van der Waals surface area (Å²) in [6.45, 7) is 10.7. The SMILES string of the molecule is CCCCCCCCC(CCCCCCc1c(F)cc(F)cc1F)C(O)(C(C)C)C(C)C. The van der Waals surface area contributed by atoms with Crippen LogP contribution in [0.4, 0.5) is 13.2 Å². The highest BCUT2D eigenvalue weighted by Crippen LogP contribution is 2.39. The van der Waals surface area contributed by atoms with E-state index in [1.54, 1.807) is 0 Å². The molecule has 0 bridgehead atoms. The highest BCUT2D eigenvalue weighted by molar-refractivity contribution is 5.20. The summed E-state index contributed by atoms with van der Waals surface area (Å²) in [6.07, 6.45) is 13.4. The number of unbranched alkanes of at least 4 members (excludes halogenated alkanes) is 8. The van der Waals surface area contributed by atoms with Gasteiger partial charge in [-0.05, 0) is 43.4 Å². The maximum absolute atomic E-state index is 13.8. The van der Waals surface area contributed by atoms with E-state index in [0.29, 0.717) is 12.8 Å². The van der Waals surface area contributed by atoms with Crippen LogP contribution in [-0.2, 0) is 6.42 Å². The third kappa shape index (κ3) is 9.08. The first-order valence-electron chi connectivity index (χ1n) is 13.0. The van der Waals surface area contributed by atoms with Crippen molar-refractivity contribution >= 4 is 0 Å². The van der Waals surface area contributed by atoms with Gasteiger partial charge in [0.1, 0.15) is 17.5 Å². The van der Waals surface area contributed by atoms with E-state index in [1.807, 2.05) is 0 Å². The molecule has 0 saturated carbocycles. The van der Waals surface area contributed by atoms with Gasteiger partial charge in [0.15, 0.2) is 0 Å². The van der Waals surface area contributed by atoms with Crippen molar-refractivity contribution in [2.75, 3.05) is 0 Å². The highest BCUT2D eigenvalue weighted by Gasteiger charge is 2.41. The number of hydrogen-bond acceptors (Lipinski definition) is 1. The van der Waals surface area contributed by atoms with Crippen LogP contribution < -0.4 is 0 Å². The topological polar surface area (TPSA) is 20.2 Å². The van der Waals surface area contributed by atoms with Gasteiger partial charge in [-0.3, -0.25) is 0 Å². The molecule has 1 atom stereocenters. The number of aliphatic hydroxyl groups is 1. The van der Waals surface area contributed by atoms with Crippen LogP contribution in [0.3, 0.4) is 0 Å². The summed E-state index contributed by atoms with van der Waals surface area (Å²) in [4.78, 5) is 0. The van der Waals surface area contributed by atoms with Gasteiger partial charge in [-0.1, -0.05) is 92.4 Å². The van der Waals surface area contributed by atoms with Crippen molar-refractivity contribution in [1.29, 1.82) is 0 Å². The maximum atomic E-state index is 13.8. The molecule has 4 heteroatoms. The second-order valence-electron chi connectivity index (χ2n) is 10.3. The minimum Gasteiger partial charge on any atom is -0.389 e. The first-order valence-corrected chi connectivity index (χ1v) is 13.0. The average molecular weight is 457 g/mol. The van der Waals surface area contributed by atoms with E-state index in [9.17, 15) is 18.3 Å². The van der Waals surface area contributed by atoms with Gasteiger partial charge in [-0.2, -0.15) is 0 Å². The Morgan fingerprint density at radius 3 is 1.62 bits per heavy atom. The predicted molar refractivity (Wildman–Crippen MR) is 129 cm³/mol. The van der Waals surface area contributed by atoms with E-state index >= 15 is 0 Å². The summed E-state index contributed by atoms with van der Waals surface area (Å²) in [5.41, 5.74) is -0.676. The van der Waals surface area contributed by atoms with Gasteiger partial charge in [0.25, 0.3) is 0 Å². The molecule has 1 nitrogen and oxygen atoms in total. The van der Waals surface area contributed by atoms with Gasteiger partial charge in [0, 0.05) is 17.7 Å². The Morgan fingerprint density at radius 1 is 0.719 bits per heavy atom. The minimum absolute atomic E-state index is 0.0126. The summed E-state index contributed by atoms with van der Waals surface area (Å²) in [6, 6.07) is 1.51. The van der Waals surface area contributed by atoms with Gasteiger partial charge in [0.05, 0.1) is 5.60 Å². The quantitative estimate of drug-likeness (QED) is 0.232. The molecule has 1 rings (SSSR count). The third-order valence-corrected chi connectivity index (χ3v) is 7.25. The average Bonchev–Trinajstić information content (AvgIpc) is 2.71. The van der Waals surface area contributed by atoms with Crippen molar-refractivity contribution in [3.05, 3.63) is 35.1 Å². The fourth-order valence-corrected chi connectivity index (χ4v) is 5.24. The van der Waals surface area contributed by atoms with Crippen molar-refractivity contribution in [3.8, 4) is 0 Å². The van der Waals surface area contributed by atoms with Gasteiger partial charge in [-0.25, -0.2) is 13.2 Å². The molecule has 1 unspecified atom stereocenters. The van der Waals surface area contributed by atoms with Gasteiger partial charge in [0.2, 0.25) is 0 Å². The van der Waals surface area contributed by atoms with Crippen LogP contribution in [0.1, 0.15) is 117 Å². The lowest BCUT2D eigenvalue weighted by atomic mass is 9.68. The summed E-state index contributed by atoms with van der Waals surface area (Å²) in [7, 11) is 0. The first-order chi connectivity index (χ1) is 15.1. The summed E-state index contributed by atoms with van der Waals surface area (Å²) >= 11 is 0. The van der Waals surface area contributed by atoms with E-state index < -0.39 is 23.1 Å². The van der Waals surface area contributed by atoms with Crippen molar-refractivity contribution in [2.45, 2.75) is 124 Å². The molecule has 0 spiro atoms. The normalized spacial score (nSPS) is 13.3. The zero-order valence-corrected chi connectivity index (χ0v) is 21.2. The number of benzene rings is 1. The second-order valence-corrected chi connectivity index (χ2v) is 10.3. The Kier molecular flexibility index (Phi) is 13.6. The molecule has 186 valence electrons. The maximum Gasteiger partial charge on any atom is 0.132 e. The number of hydrogen-bond donors (Lipinski definition) is 1. The second kappa shape index (κ2) is 15.0. The van der Waals surface area contributed by atoms with Crippen molar-refractivity contribution in [3.63, 3.8) is 0 Å². The lowest BCUT2D eigenvalue weighted by Crippen LogP contribution is -2.47. The molecule has 0 aliphatic heterocycles. The Labute approximate surface area is 195 Å². The van der Waals surface area contributed by atoms with Gasteiger partial charge < -0.3 is 5.11 Å². The molecule has 0 aromatic heterocycles. The van der Waals surface area contributed by atoms with E-state index in [4.69, 9.17) is 0 Å². The van der Waals surface area contributed by atoms with Crippen LogP contribution in [0.25, 0.3) is 0 Å². The summed E-state index contributed by atoms with van der Waals surface area (Å²) < 4.78 is 40.6. The molecule has 0 amide bonds. The first kappa shape index (κ1) is 29.0. The van der Waals surface area contributed by atoms with E-state index in [1.165, 1.54) is 38.5 Å². The molecule has 0 aliphatic rings. The molecule has 0 saturated heterocycles. The monoisotopic (exact) mass is 456 g/mol. The molecule has 1 aromatic carbocycles. The molecule has 1 N–H and O–H groups in total. The van der Waals surface area contributed by atoms with Crippen LogP contribution in [0.5, 0.6) is 0 Å². The van der Waals surface area contributed by atoms with Crippen LogP contribution >= 0.6 is 0 Å². The van der Waals surface area contributed by atoms with Crippen molar-refractivity contribution in [2.24, 2.45) is 17.8 Å². The Balaban J connectivity index is 2.53. The molecule has 0 aliphatic carbocycles. The Bertz CT molecular complexity index is 611. The molecule has 32 heavy (non-hydrogen) atoms. The fraction of sp³-hybridized carbons (Fsp3) is 0.786. The van der Waals surface area contributed by atoms with E-state index in [0.717, 1.165) is 44.2 Å². The number of halogens is 3. The van der Waals surface area contributed by atoms with Gasteiger partial charge >= 0.3 is 0 Å². The molecule has 0 heterocycles. The van der Waals surface area contributed by atoms with Crippen LogP contribution in [-0.4, -0.2) is 10.7 Å². The molecule has 1 aromatic rings. The van der Waals surface area contributed by atoms with Crippen LogP contribution in [0.2, 0.25) is 0 Å². The lowest BCUT2D eigenvalue weighted by Gasteiger charge is -2.43. The largest absolute Gasteiger partial charge is 0.389 e. The predicted octanol–water partition coefficient (Wildman–Crippen LogP) is 9.01. The summed E-state index contributed by atoms with van der Waals surface area (Å²) in [5.74, 6) is -1.77. The van der Waals surface area contributed by atoms with Crippen LogP contribution in [0.15, 0.2) is 12.1 Å². The minimum atomic E-state index is -0.872. The zero-order valence-electron chi connectivity index (χ0n) is 21.2. The molecular formula is C28H47F3O. The molecular weight excluding hydrogens is 409 g/mol. The smallest absolute Gasteiger partial charge is 0.132 e. The highest BCUT2D eigenvalue weighted by atomic mass is 19.1. The fourth-order valence-electron chi connectivity index (χ4n) is 5.24. The summed E-state index contributed by atoms with van der Waals surface area (Å²) in [5, 5.41) is 11.6. The number of rotatable bonds is 17. The Morgan fingerprint density at radius 2 is 1.16 bits per heavy atom.